The number of benzene rings is 2. The van der Waals surface area contributed by atoms with Gasteiger partial charge in [-0.15, -0.1) is 10.2 Å². The SMILES string of the molecule is CCN(CCCS(=O)(=O)O)c1ccc(N=Nc2nc(C)nc3ccc(S(=O)(=O)O)cc23)c(Cl)c1. The Kier molecular flexibility index (Phi) is 7.83. The summed E-state index contributed by atoms with van der Waals surface area (Å²) in [6.45, 7) is 4.54. The van der Waals surface area contributed by atoms with Gasteiger partial charge >= 0.3 is 0 Å². The molecule has 0 aliphatic carbocycles. The second-order valence-corrected chi connectivity index (χ2v) is 10.7. The third kappa shape index (κ3) is 6.67. The highest BCUT2D eigenvalue weighted by molar-refractivity contribution is 7.86. The summed E-state index contributed by atoms with van der Waals surface area (Å²) in [5.74, 6) is 0.161. The van der Waals surface area contributed by atoms with E-state index in [1.165, 1.54) is 18.2 Å². The third-order valence-corrected chi connectivity index (χ3v) is 6.77. The van der Waals surface area contributed by atoms with E-state index >= 15 is 0 Å². The molecule has 0 radical (unpaired) electrons. The van der Waals surface area contributed by atoms with E-state index in [2.05, 4.69) is 20.2 Å². The fraction of sp³-hybridized carbons (Fsp3) is 0.300. The average Bonchev–Trinajstić information content (AvgIpc) is 2.74. The van der Waals surface area contributed by atoms with Crippen molar-refractivity contribution in [2.24, 2.45) is 10.2 Å². The number of anilines is 1. The van der Waals surface area contributed by atoms with E-state index in [-0.39, 0.29) is 33.3 Å². The Balaban J connectivity index is 1.89. The smallest absolute Gasteiger partial charge is 0.294 e. The molecule has 182 valence electrons. The van der Waals surface area contributed by atoms with Crippen molar-refractivity contribution in [1.82, 2.24) is 9.97 Å². The quantitative estimate of drug-likeness (QED) is 0.304. The maximum Gasteiger partial charge on any atom is 0.294 e. The van der Waals surface area contributed by atoms with E-state index in [1.54, 1.807) is 25.1 Å². The van der Waals surface area contributed by atoms with Gasteiger partial charge in [0.1, 0.15) is 11.5 Å². The molecule has 0 aliphatic rings. The molecule has 0 fully saturated rings. The minimum absolute atomic E-state index is 0.105. The molecule has 2 aromatic carbocycles. The standard InChI is InChI=1S/C20H22ClN5O6S2/c1-3-26(9-4-10-33(27,28)29)14-5-7-19(17(21)11-14)24-25-20-16-12-15(34(30,31)32)6-8-18(16)22-13(2)23-20/h5-8,11-12H,3-4,9-10H2,1-2H3,(H,27,28,29)(H,30,31,32). The van der Waals surface area contributed by atoms with Gasteiger partial charge in [0, 0.05) is 24.2 Å². The van der Waals surface area contributed by atoms with Crippen LogP contribution >= 0.6 is 11.6 Å². The van der Waals surface area contributed by atoms with Crippen LogP contribution < -0.4 is 4.90 Å². The zero-order chi connectivity index (χ0) is 25.1. The maximum absolute atomic E-state index is 11.5. The van der Waals surface area contributed by atoms with Gasteiger partial charge in [0.05, 0.1) is 21.2 Å². The Bertz CT molecular complexity index is 1460. The van der Waals surface area contributed by atoms with Crippen molar-refractivity contribution in [3.05, 3.63) is 47.2 Å². The first kappa shape index (κ1) is 25.9. The minimum Gasteiger partial charge on any atom is -0.372 e. The molecule has 0 saturated heterocycles. The van der Waals surface area contributed by atoms with Crippen LogP contribution in [0.3, 0.4) is 0 Å². The topological polar surface area (TPSA) is 162 Å². The highest BCUT2D eigenvalue weighted by atomic mass is 35.5. The molecule has 34 heavy (non-hydrogen) atoms. The van der Waals surface area contributed by atoms with Gasteiger partial charge in [0.2, 0.25) is 0 Å². The summed E-state index contributed by atoms with van der Waals surface area (Å²) in [5, 5.41) is 8.83. The molecule has 1 aromatic heterocycles. The lowest BCUT2D eigenvalue weighted by atomic mass is 10.2. The highest BCUT2D eigenvalue weighted by Gasteiger charge is 2.14. The van der Waals surface area contributed by atoms with Gasteiger partial charge in [0.15, 0.2) is 5.82 Å². The monoisotopic (exact) mass is 527 g/mol. The summed E-state index contributed by atoms with van der Waals surface area (Å²) >= 11 is 6.38. The summed E-state index contributed by atoms with van der Waals surface area (Å²) in [7, 11) is -8.45. The number of nitrogens with zero attached hydrogens (tertiary/aromatic N) is 5. The first-order valence-corrected chi connectivity index (χ1v) is 13.5. The molecule has 1 heterocycles. The Morgan fingerprint density at radius 3 is 2.38 bits per heavy atom. The summed E-state index contributed by atoms with van der Waals surface area (Å²) in [5.41, 5.74) is 1.50. The van der Waals surface area contributed by atoms with Crippen molar-refractivity contribution in [2.75, 3.05) is 23.7 Å². The molecule has 2 N–H and O–H groups in total. The highest BCUT2D eigenvalue weighted by Crippen LogP contribution is 2.32. The second-order valence-electron chi connectivity index (χ2n) is 7.30. The molecule has 0 spiro atoms. The van der Waals surface area contributed by atoms with Crippen molar-refractivity contribution in [1.29, 1.82) is 0 Å². The number of aryl methyl sites for hydroxylation is 1. The fourth-order valence-corrected chi connectivity index (χ4v) is 4.44. The lowest BCUT2D eigenvalue weighted by Gasteiger charge is -2.23. The normalized spacial score (nSPS) is 12.5. The molecule has 0 amide bonds. The van der Waals surface area contributed by atoms with Crippen LogP contribution in [-0.4, -0.2) is 54.8 Å². The molecule has 0 bridgehead atoms. The maximum atomic E-state index is 11.5. The van der Waals surface area contributed by atoms with Gasteiger partial charge in [-0.05, 0) is 56.7 Å². The van der Waals surface area contributed by atoms with Crippen molar-refractivity contribution < 1.29 is 25.9 Å². The van der Waals surface area contributed by atoms with Crippen LogP contribution in [0.2, 0.25) is 5.02 Å². The van der Waals surface area contributed by atoms with Crippen LogP contribution in [0, 0.1) is 6.92 Å². The van der Waals surface area contributed by atoms with Crippen LogP contribution in [0.15, 0.2) is 51.5 Å². The van der Waals surface area contributed by atoms with Gasteiger partial charge < -0.3 is 4.90 Å². The van der Waals surface area contributed by atoms with Gasteiger partial charge in [-0.25, -0.2) is 9.97 Å². The first-order valence-electron chi connectivity index (χ1n) is 10.0. The lowest BCUT2D eigenvalue weighted by molar-refractivity contribution is 0.479. The summed E-state index contributed by atoms with van der Waals surface area (Å²) < 4.78 is 63.1. The summed E-state index contributed by atoms with van der Waals surface area (Å²) in [6.07, 6.45) is 0.247. The van der Waals surface area contributed by atoms with Crippen LogP contribution in [0.1, 0.15) is 19.2 Å². The molecule has 0 atom stereocenters. The molecule has 11 nitrogen and oxygen atoms in total. The molecular formula is C20H22ClN5O6S2. The molecule has 0 unspecified atom stereocenters. The average molecular weight is 528 g/mol. The summed E-state index contributed by atoms with van der Waals surface area (Å²) in [6, 6.07) is 8.93. The predicted octanol–water partition coefficient (Wildman–Crippen LogP) is 4.36. The number of hydrogen-bond acceptors (Lipinski definition) is 9. The van der Waals surface area contributed by atoms with Crippen LogP contribution in [0.4, 0.5) is 17.2 Å². The molecule has 14 heteroatoms. The van der Waals surface area contributed by atoms with Crippen molar-refractivity contribution in [3.63, 3.8) is 0 Å². The Labute approximate surface area is 202 Å². The van der Waals surface area contributed by atoms with Crippen molar-refractivity contribution >= 4 is 59.9 Å². The van der Waals surface area contributed by atoms with Gasteiger partial charge in [-0.3, -0.25) is 9.11 Å². The first-order chi connectivity index (χ1) is 15.9. The zero-order valence-electron chi connectivity index (χ0n) is 18.3. The lowest BCUT2D eigenvalue weighted by Crippen LogP contribution is -2.25. The van der Waals surface area contributed by atoms with Crippen molar-refractivity contribution in [3.8, 4) is 0 Å². The van der Waals surface area contributed by atoms with Gasteiger partial charge in [-0.1, -0.05) is 11.6 Å². The zero-order valence-corrected chi connectivity index (χ0v) is 20.6. The van der Waals surface area contributed by atoms with Gasteiger partial charge in [0.25, 0.3) is 20.2 Å². The molecule has 0 aliphatic heterocycles. The number of aromatic nitrogens is 2. The van der Waals surface area contributed by atoms with E-state index in [0.29, 0.717) is 30.1 Å². The predicted molar refractivity (Wildman–Crippen MR) is 129 cm³/mol. The number of halogens is 1. The molecule has 3 aromatic rings. The number of rotatable bonds is 9. The second kappa shape index (κ2) is 10.3. The Morgan fingerprint density at radius 2 is 1.76 bits per heavy atom. The number of fused-ring (bicyclic) bond motifs is 1. The third-order valence-electron chi connectivity index (χ3n) is 4.82. The van der Waals surface area contributed by atoms with Crippen LogP contribution in [0.5, 0.6) is 0 Å². The number of azo groups is 1. The molecular weight excluding hydrogens is 506 g/mol. The Hall–Kier alpha value is -2.71. The summed E-state index contributed by atoms with van der Waals surface area (Å²) in [4.78, 5) is 10.0. The van der Waals surface area contributed by atoms with E-state index in [1.807, 2.05) is 11.8 Å². The van der Waals surface area contributed by atoms with Gasteiger partial charge in [-0.2, -0.15) is 16.8 Å². The molecule has 0 saturated carbocycles. The molecule has 3 rings (SSSR count). The van der Waals surface area contributed by atoms with E-state index in [9.17, 15) is 21.4 Å². The number of hydrogen-bond donors (Lipinski definition) is 2. The Morgan fingerprint density at radius 1 is 1.03 bits per heavy atom. The fourth-order valence-electron chi connectivity index (χ4n) is 3.22. The van der Waals surface area contributed by atoms with E-state index < -0.39 is 20.2 Å². The van der Waals surface area contributed by atoms with Crippen molar-refractivity contribution in [2.45, 2.75) is 25.2 Å². The van der Waals surface area contributed by atoms with Crippen LogP contribution in [0.25, 0.3) is 10.9 Å². The minimum atomic E-state index is -4.43. The van der Waals surface area contributed by atoms with E-state index in [4.69, 9.17) is 16.2 Å². The largest absolute Gasteiger partial charge is 0.372 e. The van der Waals surface area contributed by atoms with Crippen LogP contribution in [-0.2, 0) is 20.2 Å². The van der Waals surface area contributed by atoms with E-state index in [0.717, 1.165) is 5.69 Å².